The summed E-state index contributed by atoms with van der Waals surface area (Å²) in [4.78, 5) is 25.9. The minimum atomic E-state index is -3.69. The molecule has 1 spiro atoms. The Balaban J connectivity index is 1.40. The van der Waals surface area contributed by atoms with Gasteiger partial charge in [-0.1, -0.05) is 5.57 Å². The molecule has 3 fully saturated rings. The van der Waals surface area contributed by atoms with Crippen LogP contribution in [0.2, 0.25) is 0 Å². The van der Waals surface area contributed by atoms with Crippen LogP contribution in [0.25, 0.3) is 0 Å². The van der Waals surface area contributed by atoms with Gasteiger partial charge in [0.2, 0.25) is 10.0 Å². The zero-order valence-corrected chi connectivity index (χ0v) is 19.7. The summed E-state index contributed by atoms with van der Waals surface area (Å²) in [5.74, 6) is 0.161. The number of hydrogen-bond donors (Lipinski definition) is 1. The van der Waals surface area contributed by atoms with E-state index in [-0.39, 0.29) is 22.0 Å². The minimum absolute atomic E-state index is 0.0361. The Kier molecular flexibility index (Phi) is 5.46. The molecule has 0 aromatic heterocycles. The van der Waals surface area contributed by atoms with Crippen LogP contribution in [0.15, 0.2) is 45.4 Å². The molecule has 2 aliphatic heterocycles. The standard InChI is InChI=1S/C24H28N2O6S/c1-15-9-18(17-5-3-4-6-20(27)22(15)17)23(28)25-19-10-16(7-8-21(19)31-2)33(29,30)26-11-24(12-26)13-32-14-24/h7-8,10H,3-6,9,11-14H2,1-2H3,(H,25,28). The molecule has 0 bridgehead atoms. The SMILES string of the molecule is COc1ccc(S(=O)(=O)N2CC3(COC3)C2)cc1NC(=O)C1=C2CCCCC(=O)C2=C(C)C1. The lowest BCUT2D eigenvalue weighted by Crippen LogP contribution is -2.66. The van der Waals surface area contributed by atoms with Gasteiger partial charge in [0.1, 0.15) is 5.75 Å². The van der Waals surface area contributed by atoms with Gasteiger partial charge in [0.05, 0.1) is 30.9 Å². The van der Waals surface area contributed by atoms with Gasteiger partial charge in [-0.05, 0) is 56.4 Å². The highest BCUT2D eigenvalue weighted by molar-refractivity contribution is 7.89. The minimum Gasteiger partial charge on any atom is -0.495 e. The monoisotopic (exact) mass is 472 g/mol. The maximum Gasteiger partial charge on any atom is 0.252 e. The van der Waals surface area contributed by atoms with E-state index in [9.17, 15) is 18.0 Å². The van der Waals surface area contributed by atoms with Gasteiger partial charge >= 0.3 is 0 Å². The lowest BCUT2D eigenvalue weighted by atomic mass is 9.80. The Hall–Kier alpha value is -2.49. The Morgan fingerprint density at radius 1 is 1.18 bits per heavy atom. The van der Waals surface area contributed by atoms with E-state index < -0.39 is 10.0 Å². The summed E-state index contributed by atoms with van der Waals surface area (Å²) >= 11 is 0. The van der Waals surface area contributed by atoms with Gasteiger partial charge in [0.25, 0.3) is 5.91 Å². The van der Waals surface area contributed by atoms with E-state index in [2.05, 4.69) is 5.32 Å². The van der Waals surface area contributed by atoms with Gasteiger partial charge < -0.3 is 14.8 Å². The average molecular weight is 473 g/mol. The number of methoxy groups -OCH3 is 1. The summed E-state index contributed by atoms with van der Waals surface area (Å²) in [7, 11) is -2.21. The van der Waals surface area contributed by atoms with E-state index in [1.54, 1.807) is 6.07 Å². The first-order valence-corrected chi connectivity index (χ1v) is 12.7. The third-order valence-corrected chi connectivity index (χ3v) is 8.85. The molecule has 1 saturated carbocycles. The van der Waals surface area contributed by atoms with Crippen molar-refractivity contribution in [2.24, 2.45) is 5.41 Å². The van der Waals surface area contributed by atoms with Crippen molar-refractivity contribution in [2.75, 3.05) is 38.7 Å². The number of nitrogens with zero attached hydrogens (tertiary/aromatic N) is 1. The van der Waals surface area contributed by atoms with E-state index in [1.807, 2.05) is 6.92 Å². The van der Waals surface area contributed by atoms with E-state index in [0.717, 1.165) is 24.0 Å². The number of nitrogens with one attached hydrogen (secondary N) is 1. The third-order valence-electron chi connectivity index (χ3n) is 7.07. The molecule has 9 heteroatoms. The Morgan fingerprint density at radius 3 is 2.58 bits per heavy atom. The number of hydrogen-bond acceptors (Lipinski definition) is 6. The van der Waals surface area contributed by atoms with Crippen LogP contribution < -0.4 is 10.1 Å². The topological polar surface area (TPSA) is 102 Å². The van der Waals surface area contributed by atoms with Crippen molar-refractivity contribution in [3.63, 3.8) is 0 Å². The fourth-order valence-electron chi connectivity index (χ4n) is 5.22. The summed E-state index contributed by atoms with van der Waals surface area (Å²) in [6.07, 6.45) is 3.34. The molecule has 176 valence electrons. The van der Waals surface area contributed by atoms with Crippen LogP contribution in [0.1, 0.15) is 39.0 Å². The Labute approximate surface area is 193 Å². The average Bonchev–Trinajstić information content (AvgIpc) is 2.92. The summed E-state index contributed by atoms with van der Waals surface area (Å²) in [5.41, 5.74) is 3.33. The molecule has 1 N–H and O–H groups in total. The number of ether oxygens (including phenoxy) is 2. The highest BCUT2D eigenvalue weighted by Crippen LogP contribution is 2.42. The van der Waals surface area contributed by atoms with E-state index in [1.165, 1.54) is 23.5 Å². The molecule has 1 aromatic rings. The number of rotatable bonds is 5. The lowest BCUT2D eigenvalue weighted by molar-refractivity contribution is -0.166. The quantitative estimate of drug-likeness (QED) is 0.707. The van der Waals surface area contributed by atoms with Gasteiger partial charge in [-0.15, -0.1) is 0 Å². The molecule has 1 aromatic carbocycles. The number of carbonyl (C=O) groups excluding carboxylic acids is 2. The van der Waals surface area contributed by atoms with Crippen molar-refractivity contribution in [3.05, 3.63) is 40.5 Å². The number of fused-ring (bicyclic) bond motifs is 1. The summed E-state index contributed by atoms with van der Waals surface area (Å²) in [6.45, 7) is 3.98. The zero-order valence-electron chi connectivity index (χ0n) is 18.9. The number of allylic oxidation sites excluding steroid dienone is 3. The second kappa shape index (κ2) is 8.07. The smallest absolute Gasteiger partial charge is 0.252 e. The van der Waals surface area contributed by atoms with Gasteiger partial charge in [-0.2, -0.15) is 4.31 Å². The first-order valence-electron chi connectivity index (χ1n) is 11.3. The number of anilines is 1. The van der Waals surface area contributed by atoms with Crippen molar-refractivity contribution in [1.82, 2.24) is 4.31 Å². The highest BCUT2D eigenvalue weighted by Gasteiger charge is 2.53. The second-order valence-corrected chi connectivity index (χ2v) is 11.4. The normalized spacial score (nSPS) is 22.5. The van der Waals surface area contributed by atoms with Gasteiger partial charge in [-0.25, -0.2) is 8.42 Å². The van der Waals surface area contributed by atoms with Crippen LogP contribution in [-0.4, -0.2) is 57.8 Å². The predicted octanol–water partition coefficient (Wildman–Crippen LogP) is 2.81. The molecule has 2 aliphatic carbocycles. The highest BCUT2D eigenvalue weighted by atomic mass is 32.2. The number of Topliss-reactive ketones (excluding diaryl/α,β-unsaturated/α-hetero) is 1. The number of carbonyl (C=O) groups is 2. The molecule has 0 radical (unpaired) electrons. The van der Waals surface area contributed by atoms with Gasteiger partial charge in [0.15, 0.2) is 5.78 Å². The molecule has 0 atom stereocenters. The lowest BCUT2D eigenvalue weighted by Gasteiger charge is -2.53. The fourth-order valence-corrected chi connectivity index (χ4v) is 6.91. The van der Waals surface area contributed by atoms with E-state index in [4.69, 9.17) is 9.47 Å². The predicted molar refractivity (Wildman–Crippen MR) is 121 cm³/mol. The van der Waals surface area contributed by atoms with Crippen LogP contribution in [0.4, 0.5) is 5.69 Å². The van der Waals surface area contributed by atoms with Crippen molar-refractivity contribution >= 4 is 27.4 Å². The molecular formula is C24H28N2O6S. The zero-order chi connectivity index (χ0) is 23.4. The first-order chi connectivity index (χ1) is 15.7. The molecule has 0 unspecified atom stereocenters. The Bertz CT molecular complexity index is 1200. The van der Waals surface area contributed by atoms with Gasteiger partial charge in [0, 0.05) is 36.1 Å². The van der Waals surface area contributed by atoms with Gasteiger partial charge in [-0.3, -0.25) is 9.59 Å². The van der Waals surface area contributed by atoms with Crippen molar-refractivity contribution in [2.45, 2.75) is 43.9 Å². The third kappa shape index (κ3) is 3.72. The van der Waals surface area contributed by atoms with E-state index >= 15 is 0 Å². The largest absolute Gasteiger partial charge is 0.495 e. The molecule has 2 saturated heterocycles. The molecule has 8 nitrogen and oxygen atoms in total. The molecule has 33 heavy (non-hydrogen) atoms. The molecule has 1 amide bonds. The Morgan fingerprint density at radius 2 is 1.91 bits per heavy atom. The fraction of sp³-hybridized carbons (Fsp3) is 0.500. The molecule has 2 heterocycles. The number of sulfonamides is 1. The maximum atomic E-state index is 13.3. The van der Waals surface area contributed by atoms with E-state index in [0.29, 0.717) is 68.1 Å². The summed E-state index contributed by atoms with van der Waals surface area (Å²) in [5, 5.41) is 2.86. The van der Waals surface area contributed by atoms with Crippen LogP contribution in [0.3, 0.4) is 0 Å². The first kappa shape index (κ1) is 22.3. The van der Waals surface area contributed by atoms with Crippen LogP contribution >= 0.6 is 0 Å². The second-order valence-electron chi connectivity index (χ2n) is 9.50. The summed E-state index contributed by atoms with van der Waals surface area (Å²) in [6, 6.07) is 4.51. The van der Waals surface area contributed by atoms with Crippen molar-refractivity contribution in [1.29, 1.82) is 0 Å². The van der Waals surface area contributed by atoms with Crippen molar-refractivity contribution in [3.8, 4) is 5.75 Å². The molecular weight excluding hydrogens is 444 g/mol. The maximum absolute atomic E-state index is 13.3. The molecule has 5 rings (SSSR count). The van der Waals surface area contributed by atoms with Crippen LogP contribution in [0.5, 0.6) is 5.75 Å². The number of benzene rings is 1. The molecule has 4 aliphatic rings. The van der Waals surface area contributed by atoms with Crippen LogP contribution in [0, 0.1) is 5.41 Å². The number of amides is 1. The number of ketones is 1. The summed E-state index contributed by atoms with van der Waals surface area (Å²) < 4.78 is 38.3. The van der Waals surface area contributed by atoms with Crippen LogP contribution in [-0.2, 0) is 24.3 Å². The van der Waals surface area contributed by atoms with Crippen molar-refractivity contribution < 1.29 is 27.5 Å².